The molecule has 1 heterocycles. The lowest BCUT2D eigenvalue weighted by molar-refractivity contribution is -0.384. The predicted octanol–water partition coefficient (Wildman–Crippen LogP) is 2.38. The predicted molar refractivity (Wildman–Crippen MR) is 68.2 cm³/mol. The van der Waals surface area contributed by atoms with E-state index in [1.807, 2.05) is 0 Å². The minimum atomic E-state index is -0.619. The van der Waals surface area contributed by atoms with Crippen LogP contribution in [0.25, 0.3) is 0 Å². The molecule has 1 aromatic carbocycles. The minimum absolute atomic E-state index is 0.0902. The lowest BCUT2D eigenvalue weighted by atomic mass is 10.2. The van der Waals surface area contributed by atoms with Crippen LogP contribution >= 0.6 is 0 Å². The van der Waals surface area contributed by atoms with Crippen molar-refractivity contribution in [3.63, 3.8) is 0 Å². The van der Waals surface area contributed by atoms with Crippen LogP contribution in [-0.4, -0.2) is 15.0 Å². The highest BCUT2D eigenvalue weighted by Crippen LogP contribution is 2.31. The number of benzene rings is 1. The number of pyridine rings is 1. The van der Waals surface area contributed by atoms with E-state index in [2.05, 4.69) is 4.98 Å². The van der Waals surface area contributed by atoms with Gasteiger partial charge in [0.1, 0.15) is 11.5 Å². The van der Waals surface area contributed by atoms with Crippen molar-refractivity contribution in [3.05, 3.63) is 46.0 Å². The van der Waals surface area contributed by atoms with Crippen LogP contribution in [-0.2, 0) is 0 Å². The first-order valence-electron chi connectivity index (χ1n) is 5.36. The number of nitrogen functional groups attached to an aromatic ring is 1. The van der Waals surface area contributed by atoms with Gasteiger partial charge in [-0.2, -0.15) is 4.98 Å². The van der Waals surface area contributed by atoms with Crippen LogP contribution in [0.4, 0.5) is 11.5 Å². The van der Waals surface area contributed by atoms with Gasteiger partial charge in [0.15, 0.2) is 0 Å². The monoisotopic (exact) mass is 261 g/mol. The maximum atomic E-state index is 10.6. The molecule has 1 aromatic heterocycles. The first-order valence-corrected chi connectivity index (χ1v) is 5.36. The summed E-state index contributed by atoms with van der Waals surface area (Å²) in [6, 6.07) is 7.36. The molecule has 0 aliphatic carbocycles. The van der Waals surface area contributed by atoms with Gasteiger partial charge in [-0.1, -0.05) is 6.07 Å². The Morgan fingerprint density at radius 1 is 1.37 bits per heavy atom. The maximum Gasteiger partial charge on any atom is 0.311 e. The smallest absolute Gasteiger partial charge is 0.311 e. The number of hydrogen-bond acceptors (Lipinski definition) is 6. The van der Waals surface area contributed by atoms with Gasteiger partial charge in [0, 0.05) is 17.7 Å². The average molecular weight is 261 g/mol. The molecule has 7 heteroatoms. The van der Waals surface area contributed by atoms with Crippen molar-refractivity contribution >= 4 is 11.5 Å². The molecule has 0 aliphatic rings. The van der Waals surface area contributed by atoms with Gasteiger partial charge in [-0.15, -0.1) is 0 Å². The average Bonchev–Trinajstić information content (AvgIpc) is 2.34. The molecule has 2 aromatic rings. The number of rotatable bonds is 3. The molecular formula is C12H11N3O4. The topological polar surface area (TPSA) is 112 Å². The van der Waals surface area contributed by atoms with E-state index in [9.17, 15) is 15.2 Å². The highest BCUT2D eigenvalue weighted by atomic mass is 16.6. The van der Waals surface area contributed by atoms with E-state index in [4.69, 9.17) is 10.5 Å². The van der Waals surface area contributed by atoms with E-state index in [1.165, 1.54) is 18.2 Å². The summed E-state index contributed by atoms with van der Waals surface area (Å²) >= 11 is 0. The van der Waals surface area contributed by atoms with Crippen molar-refractivity contribution in [1.82, 2.24) is 4.98 Å². The van der Waals surface area contributed by atoms with Crippen molar-refractivity contribution in [2.75, 3.05) is 5.73 Å². The van der Waals surface area contributed by atoms with Crippen LogP contribution in [0.1, 0.15) is 5.56 Å². The number of phenols is 1. The Hall–Kier alpha value is -2.83. The summed E-state index contributed by atoms with van der Waals surface area (Å²) in [5.74, 6) is 0.394. The molecule has 0 bridgehead atoms. The van der Waals surface area contributed by atoms with Gasteiger partial charge in [-0.05, 0) is 19.1 Å². The zero-order valence-corrected chi connectivity index (χ0v) is 10.0. The van der Waals surface area contributed by atoms with Crippen LogP contribution in [0, 0.1) is 17.0 Å². The third-order valence-electron chi connectivity index (χ3n) is 2.54. The Labute approximate surface area is 108 Å². The first-order chi connectivity index (χ1) is 8.99. The molecule has 0 aliphatic heterocycles. The van der Waals surface area contributed by atoms with Gasteiger partial charge in [0.2, 0.25) is 11.7 Å². The molecule has 3 N–H and O–H groups in total. The molecule has 0 atom stereocenters. The van der Waals surface area contributed by atoms with Crippen molar-refractivity contribution in [1.29, 1.82) is 0 Å². The van der Waals surface area contributed by atoms with E-state index in [1.54, 1.807) is 19.1 Å². The van der Waals surface area contributed by atoms with E-state index in [0.29, 0.717) is 11.3 Å². The van der Waals surface area contributed by atoms with Crippen LogP contribution in [0.5, 0.6) is 17.4 Å². The van der Waals surface area contributed by atoms with Crippen LogP contribution in [0.2, 0.25) is 0 Å². The molecule has 0 saturated carbocycles. The summed E-state index contributed by atoms with van der Waals surface area (Å²) in [4.78, 5) is 13.8. The Balaban J connectivity index is 2.32. The molecular weight excluding hydrogens is 250 g/mol. The molecule has 98 valence electrons. The van der Waals surface area contributed by atoms with Crippen LogP contribution in [0.3, 0.4) is 0 Å². The van der Waals surface area contributed by atoms with E-state index in [-0.39, 0.29) is 23.1 Å². The van der Waals surface area contributed by atoms with Crippen molar-refractivity contribution < 1.29 is 14.8 Å². The molecule has 0 unspecified atom stereocenters. The van der Waals surface area contributed by atoms with Crippen LogP contribution in [0.15, 0.2) is 30.3 Å². The highest BCUT2D eigenvalue weighted by Gasteiger charge is 2.14. The largest absolute Gasteiger partial charge is 0.508 e. The zero-order chi connectivity index (χ0) is 14.0. The Morgan fingerprint density at radius 3 is 2.74 bits per heavy atom. The van der Waals surface area contributed by atoms with Crippen molar-refractivity contribution in [2.24, 2.45) is 0 Å². The van der Waals surface area contributed by atoms with E-state index in [0.717, 1.165) is 0 Å². The van der Waals surface area contributed by atoms with Gasteiger partial charge in [-0.3, -0.25) is 10.1 Å². The van der Waals surface area contributed by atoms with Crippen molar-refractivity contribution in [3.8, 4) is 17.4 Å². The summed E-state index contributed by atoms with van der Waals surface area (Å²) in [6.07, 6.45) is 0. The number of nitrogens with zero attached hydrogens (tertiary/aromatic N) is 2. The standard InChI is InChI=1S/C12H11N3O4/c1-7-9(16)3-2-4-10(7)19-11-6-5-8(15(17)18)12(13)14-11/h2-6,16H,1H3,(H2,13,14). The normalized spacial score (nSPS) is 10.2. The SMILES string of the molecule is Cc1c(O)cccc1Oc1ccc([N+](=O)[O-])c(N)n1. The summed E-state index contributed by atoms with van der Waals surface area (Å²) < 4.78 is 5.43. The second-order valence-corrected chi connectivity index (χ2v) is 3.81. The fourth-order valence-electron chi connectivity index (χ4n) is 1.49. The molecule has 2 rings (SSSR count). The number of aromatic hydroxyl groups is 1. The number of aromatic nitrogens is 1. The number of ether oxygens (including phenoxy) is 1. The molecule has 19 heavy (non-hydrogen) atoms. The molecule has 0 radical (unpaired) electrons. The molecule has 7 nitrogen and oxygen atoms in total. The Morgan fingerprint density at radius 2 is 2.11 bits per heavy atom. The molecule has 0 saturated heterocycles. The first kappa shape index (κ1) is 12.6. The second-order valence-electron chi connectivity index (χ2n) is 3.81. The number of hydrogen-bond donors (Lipinski definition) is 2. The molecule has 0 amide bonds. The number of nitrogens with two attached hydrogens (primary N) is 1. The van der Waals surface area contributed by atoms with Gasteiger partial charge < -0.3 is 15.6 Å². The minimum Gasteiger partial charge on any atom is -0.508 e. The van der Waals surface area contributed by atoms with E-state index >= 15 is 0 Å². The summed E-state index contributed by atoms with van der Waals surface area (Å²) in [5.41, 5.74) is 5.73. The van der Waals surface area contributed by atoms with Gasteiger partial charge >= 0.3 is 5.69 Å². The molecule has 0 fully saturated rings. The van der Waals surface area contributed by atoms with Gasteiger partial charge in [-0.25, -0.2) is 0 Å². The maximum absolute atomic E-state index is 10.6. The number of anilines is 1. The zero-order valence-electron chi connectivity index (χ0n) is 10.0. The Bertz CT molecular complexity index is 643. The summed E-state index contributed by atoms with van der Waals surface area (Å²) in [7, 11) is 0. The Kier molecular flexibility index (Phi) is 3.19. The third-order valence-corrected chi connectivity index (χ3v) is 2.54. The van der Waals surface area contributed by atoms with Gasteiger partial charge in [0.05, 0.1) is 4.92 Å². The quantitative estimate of drug-likeness (QED) is 0.648. The van der Waals surface area contributed by atoms with E-state index < -0.39 is 4.92 Å². The second kappa shape index (κ2) is 4.81. The fraction of sp³-hybridized carbons (Fsp3) is 0.0833. The molecule has 0 spiro atoms. The fourth-order valence-corrected chi connectivity index (χ4v) is 1.49. The highest BCUT2D eigenvalue weighted by molar-refractivity contribution is 5.54. The summed E-state index contributed by atoms with van der Waals surface area (Å²) in [5, 5.41) is 20.1. The number of nitro groups is 1. The summed E-state index contributed by atoms with van der Waals surface area (Å²) in [6.45, 7) is 1.68. The lowest BCUT2D eigenvalue weighted by Crippen LogP contribution is -2.00. The lowest BCUT2D eigenvalue weighted by Gasteiger charge is -2.09. The number of phenolic OH excluding ortho intramolecular Hbond substituents is 1. The van der Waals surface area contributed by atoms with Crippen LogP contribution < -0.4 is 10.5 Å². The van der Waals surface area contributed by atoms with Gasteiger partial charge in [0.25, 0.3) is 0 Å². The third kappa shape index (κ3) is 2.54. The van der Waals surface area contributed by atoms with Crippen molar-refractivity contribution in [2.45, 2.75) is 6.92 Å².